The highest BCUT2D eigenvalue weighted by Gasteiger charge is 2.44. The Morgan fingerprint density at radius 2 is 1.62 bits per heavy atom. The average molecular weight is 467 g/mol. The maximum Gasteiger partial charge on any atom is 0.407 e. The monoisotopic (exact) mass is 466 g/mol. The fourth-order valence-corrected chi connectivity index (χ4v) is 4.86. The summed E-state index contributed by atoms with van der Waals surface area (Å²) >= 11 is 0. The third kappa shape index (κ3) is 4.50. The number of ether oxygens (including phenoxy) is 1. The van der Waals surface area contributed by atoms with Crippen molar-refractivity contribution in [1.29, 1.82) is 0 Å². The van der Waals surface area contributed by atoms with Crippen LogP contribution in [0.5, 0.6) is 0 Å². The highest BCUT2D eigenvalue weighted by molar-refractivity contribution is 5.90. The molecule has 4 rings (SSSR count). The lowest BCUT2D eigenvalue weighted by Gasteiger charge is -2.34. The molecule has 180 valence electrons. The maximum atomic E-state index is 13.3. The fraction of sp³-hybridized carbons (Fsp3) is 0.423. The third-order valence-corrected chi connectivity index (χ3v) is 6.57. The molecule has 3 N–H and O–H groups in total. The van der Waals surface area contributed by atoms with Gasteiger partial charge in [-0.15, -0.1) is 0 Å². The Balaban J connectivity index is 1.48. The summed E-state index contributed by atoms with van der Waals surface area (Å²) in [6, 6.07) is 13.9. The summed E-state index contributed by atoms with van der Waals surface area (Å²) in [5, 5.41) is 22.0. The molecule has 2 amide bonds. The molecule has 34 heavy (non-hydrogen) atoms. The molecule has 2 aromatic carbocycles. The topological polar surface area (TPSA) is 116 Å². The number of aliphatic carboxylic acids is 1. The first-order valence-electron chi connectivity index (χ1n) is 11.4. The summed E-state index contributed by atoms with van der Waals surface area (Å²) in [6.07, 6.45) is -1.70. The number of carbonyl (C=O) groups excluding carboxylic acids is 2. The van der Waals surface area contributed by atoms with Gasteiger partial charge in [0, 0.05) is 18.9 Å². The lowest BCUT2D eigenvalue weighted by molar-refractivity contribution is -0.150. The van der Waals surface area contributed by atoms with Gasteiger partial charge in [0.2, 0.25) is 5.91 Å². The van der Waals surface area contributed by atoms with Gasteiger partial charge in [0.25, 0.3) is 0 Å². The average Bonchev–Trinajstić information content (AvgIpc) is 3.33. The van der Waals surface area contributed by atoms with E-state index in [2.05, 4.69) is 5.32 Å². The normalized spacial score (nSPS) is 20.4. The molecule has 2 aromatic rings. The van der Waals surface area contributed by atoms with Crippen molar-refractivity contribution in [3.8, 4) is 11.1 Å². The zero-order valence-electron chi connectivity index (χ0n) is 19.5. The van der Waals surface area contributed by atoms with Gasteiger partial charge in [0.05, 0.1) is 6.10 Å². The van der Waals surface area contributed by atoms with Gasteiger partial charge < -0.3 is 25.2 Å². The molecule has 3 atom stereocenters. The van der Waals surface area contributed by atoms with Gasteiger partial charge in [0.15, 0.2) is 0 Å². The molecule has 0 radical (unpaired) electrons. The molecule has 2 aliphatic rings. The van der Waals surface area contributed by atoms with Crippen LogP contribution in [-0.2, 0) is 14.3 Å². The number of fused-ring (bicyclic) bond motifs is 3. The number of carboxylic acids is 1. The summed E-state index contributed by atoms with van der Waals surface area (Å²) in [6.45, 7) is 5.35. The molecule has 1 fully saturated rings. The van der Waals surface area contributed by atoms with E-state index < -0.39 is 41.6 Å². The zero-order chi connectivity index (χ0) is 24.6. The molecule has 1 saturated heterocycles. The number of rotatable bonds is 5. The second kappa shape index (κ2) is 9.10. The first-order valence-corrected chi connectivity index (χ1v) is 11.4. The number of hydrogen-bond donors (Lipinski definition) is 3. The van der Waals surface area contributed by atoms with Crippen molar-refractivity contribution in [1.82, 2.24) is 10.2 Å². The van der Waals surface area contributed by atoms with Crippen LogP contribution in [-0.4, -0.2) is 64.4 Å². The largest absolute Gasteiger partial charge is 0.480 e. The summed E-state index contributed by atoms with van der Waals surface area (Å²) < 4.78 is 5.59. The van der Waals surface area contributed by atoms with Gasteiger partial charge in [0.1, 0.15) is 18.7 Å². The lowest BCUT2D eigenvalue weighted by Crippen LogP contribution is -2.57. The smallest absolute Gasteiger partial charge is 0.407 e. The predicted octanol–water partition coefficient (Wildman–Crippen LogP) is 2.99. The molecular weight excluding hydrogens is 436 g/mol. The van der Waals surface area contributed by atoms with Gasteiger partial charge in [-0.05, 0) is 27.7 Å². The number of nitrogens with one attached hydrogen (secondary N) is 1. The number of benzene rings is 2. The number of aliphatic hydroxyl groups excluding tert-OH is 1. The van der Waals surface area contributed by atoms with Gasteiger partial charge in [-0.2, -0.15) is 0 Å². The number of alkyl carbamates (subject to hydrolysis) is 1. The van der Waals surface area contributed by atoms with Crippen LogP contribution in [0.3, 0.4) is 0 Å². The molecular formula is C26H30N2O6. The number of amides is 2. The summed E-state index contributed by atoms with van der Waals surface area (Å²) in [4.78, 5) is 38.8. The minimum absolute atomic E-state index is 0.0388. The van der Waals surface area contributed by atoms with E-state index in [1.165, 1.54) is 0 Å². The van der Waals surface area contributed by atoms with Gasteiger partial charge >= 0.3 is 12.1 Å². The van der Waals surface area contributed by atoms with E-state index in [4.69, 9.17) is 4.74 Å². The summed E-state index contributed by atoms with van der Waals surface area (Å²) in [5.41, 5.74) is 3.68. The van der Waals surface area contributed by atoms with Crippen LogP contribution in [0.2, 0.25) is 0 Å². The molecule has 0 spiro atoms. The Bertz CT molecular complexity index is 1060. The van der Waals surface area contributed by atoms with Crippen LogP contribution in [0.25, 0.3) is 11.1 Å². The van der Waals surface area contributed by atoms with Crippen LogP contribution < -0.4 is 5.32 Å². The van der Waals surface area contributed by atoms with E-state index in [9.17, 15) is 24.6 Å². The Kier molecular flexibility index (Phi) is 6.36. The van der Waals surface area contributed by atoms with E-state index in [1.54, 1.807) is 20.8 Å². The zero-order valence-corrected chi connectivity index (χ0v) is 19.5. The van der Waals surface area contributed by atoms with E-state index in [0.717, 1.165) is 27.2 Å². The molecule has 0 saturated carbocycles. The van der Waals surface area contributed by atoms with E-state index in [1.807, 2.05) is 48.5 Å². The van der Waals surface area contributed by atoms with Gasteiger partial charge in [-0.3, -0.25) is 4.79 Å². The first-order chi connectivity index (χ1) is 16.1. The van der Waals surface area contributed by atoms with Crippen molar-refractivity contribution in [2.24, 2.45) is 5.41 Å². The van der Waals surface area contributed by atoms with Crippen molar-refractivity contribution in [2.45, 2.75) is 51.3 Å². The minimum Gasteiger partial charge on any atom is -0.480 e. The standard InChI is InChI=1S/C26H30N2O6/c1-26(2,3)22(23(30)28-13-15(29)12-21(28)24(31)32)27-25(33)34-14-20-18-10-6-4-8-16(18)17-9-5-7-11-19(17)20/h4-11,15,20-22,29H,12-14H2,1-3H3,(H,27,33)(H,31,32)/t15-,21-,22+/m1/s1. The molecule has 8 heteroatoms. The Hall–Kier alpha value is -3.39. The predicted molar refractivity (Wildman–Crippen MR) is 125 cm³/mol. The first kappa shape index (κ1) is 23.8. The fourth-order valence-electron chi connectivity index (χ4n) is 4.86. The van der Waals surface area contributed by atoms with E-state index in [-0.39, 0.29) is 25.5 Å². The highest BCUT2D eigenvalue weighted by atomic mass is 16.5. The highest BCUT2D eigenvalue weighted by Crippen LogP contribution is 2.44. The molecule has 0 unspecified atom stereocenters. The van der Waals surface area contributed by atoms with Gasteiger partial charge in [-0.1, -0.05) is 69.3 Å². The Morgan fingerprint density at radius 3 is 2.15 bits per heavy atom. The third-order valence-electron chi connectivity index (χ3n) is 6.57. The summed E-state index contributed by atoms with van der Waals surface area (Å²) in [7, 11) is 0. The minimum atomic E-state index is -1.18. The van der Waals surface area contributed by atoms with Crippen LogP contribution in [0.1, 0.15) is 44.2 Å². The Labute approximate surface area is 198 Å². The van der Waals surface area contributed by atoms with E-state index >= 15 is 0 Å². The molecule has 0 bridgehead atoms. The van der Waals surface area contributed by atoms with Crippen molar-refractivity contribution in [3.05, 3.63) is 59.7 Å². The number of aliphatic hydroxyl groups is 1. The molecule has 1 heterocycles. The number of likely N-dealkylation sites (tertiary alicyclic amines) is 1. The van der Waals surface area contributed by atoms with Crippen molar-refractivity contribution < 1.29 is 29.3 Å². The molecule has 1 aliphatic carbocycles. The quantitative estimate of drug-likeness (QED) is 0.624. The number of β-amino-alcohol motifs (C(OH)–C–C–N with tert-alkyl or cyclic N) is 1. The van der Waals surface area contributed by atoms with Crippen LogP contribution in [0, 0.1) is 5.41 Å². The van der Waals surface area contributed by atoms with E-state index in [0.29, 0.717) is 0 Å². The SMILES string of the molecule is CC(C)(C)[C@@H](NC(=O)OCC1c2ccccc2-c2ccccc21)C(=O)N1C[C@H](O)C[C@@H]1C(=O)O. The number of carbonyl (C=O) groups is 3. The second-order valence-corrected chi connectivity index (χ2v) is 10.0. The number of hydrogen-bond acceptors (Lipinski definition) is 5. The van der Waals surface area contributed by atoms with Crippen molar-refractivity contribution in [3.63, 3.8) is 0 Å². The lowest BCUT2D eigenvalue weighted by atomic mass is 9.85. The van der Waals surface area contributed by atoms with Crippen LogP contribution in [0.4, 0.5) is 4.79 Å². The van der Waals surface area contributed by atoms with Crippen molar-refractivity contribution in [2.75, 3.05) is 13.2 Å². The number of carboxylic acid groups (broad SMARTS) is 1. The second-order valence-electron chi connectivity index (χ2n) is 10.0. The molecule has 0 aromatic heterocycles. The summed E-state index contributed by atoms with van der Waals surface area (Å²) in [5.74, 6) is -1.85. The van der Waals surface area contributed by atoms with Gasteiger partial charge in [-0.25, -0.2) is 9.59 Å². The maximum absolute atomic E-state index is 13.3. The van der Waals surface area contributed by atoms with Crippen LogP contribution in [0.15, 0.2) is 48.5 Å². The van der Waals surface area contributed by atoms with Crippen molar-refractivity contribution >= 4 is 18.0 Å². The van der Waals surface area contributed by atoms with Crippen LogP contribution >= 0.6 is 0 Å². The molecule has 8 nitrogen and oxygen atoms in total. The number of nitrogens with zero attached hydrogens (tertiary/aromatic N) is 1. The molecule has 1 aliphatic heterocycles. The Morgan fingerprint density at radius 1 is 1.06 bits per heavy atom.